The van der Waals surface area contributed by atoms with Gasteiger partial charge in [0.05, 0.1) is 13.7 Å². The molecule has 26 heavy (non-hydrogen) atoms. The summed E-state index contributed by atoms with van der Waals surface area (Å²) >= 11 is 0. The van der Waals surface area contributed by atoms with Crippen molar-refractivity contribution in [3.8, 4) is 11.5 Å². The number of methoxy groups -OCH3 is 1. The maximum absolute atomic E-state index is 9.54. The van der Waals surface area contributed by atoms with Crippen LogP contribution >= 0.6 is 0 Å². The molecule has 0 aliphatic rings. The Hall–Kier alpha value is -2.69. The lowest BCUT2D eigenvalue weighted by molar-refractivity contribution is 0.414. The molecule has 0 aliphatic carbocycles. The molecule has 0 aromatic heterocycles. The Bertz CT molecular complexity index is 699. The average molecular weight is 355 g/mol. The Labute approximate surface area is 156 Å². The summed E-state index contributed by atoms with van der Waals surface area (Å²) in [7, 11) is 1.68. The summed E-state index contributed by atoms with van der Waals surface area (Å²) in [4.78, 5) is 4.58. The number of rotatable bonds is 8. The molecule has 0 fully saturated rings. The number of ether oxygens (including phenoxy) is 1. The Kier molecular flexibility index (Phi) is 7.80. The van der Waals surface area contributed by atoms with Crippen molar-refractivity contribution in [1.29, 1.82) is 0 Å². The van der Waals surface area contributed by atoms with Crippen molar-refractivity contribution in [3.05, 3.63) is 59.7 Å². The molecular formula is C21H29N3O2. The first-order chi connectivity index (χ1) is 12.6. The predicted octanol–water partition coefficient (Wildman–Crippen LogP) is 3.65. The molecule has 0 saturated carbocycles. The van der Waals surface area contributed by atoms with Crippen LogP contribution in [0.5, 0.6) is 11.5 Å². The summed E-state index contributed by atoms with van der Waals surface area (Å²) in [5.41, 5.74) is 2.28. The van der Waals surface area contributed by atoms with E-state index >= 15 is 0 Å². The van der Waals surface area contributed by atoms with Crippen molar-refractivity contribution in [2.75, 3.05) is 20.2 Å². The van der Waals surface area contributed by atoms with E-state index in [2.05, 4.69) is 34.7 Å². The first-order valence-corrected chi connectivity index (χ1v) is 9.06. The van der Waals surface area contributed by atoms with E-state index in [1.165, 1.54) is 5.56 Å². The van der Waals surface area contributed by atoms with Crippen LogP contribution in [-0.4, -0.2) is 31.3 Å². The highest BCUT2D eigenvalue weighted by molar-refractivity contribution is 5.79. The van der Waals surface area contributed by atoms with Crippen LogP contribution in [0.4, 0.5) is 0 Å². The van der Waals surface area contributed by atoms with Gasteiger partial charge < -0.3 is 20.5 Å². The summed E-state index contributed by atoms with van der Waals surface area (Å²) in [6.07, 6.45) is 1.00. The number of nitrogens with zero attached hydrogens (tertiary/aromatic N) is 1. The van der Waals surface area contributed by atoms with E-state index in [4.69, 9.17) is 4.74 Å². The predicted molar refractivity (Wildman–Crippen MR) is 107 cm³/mol. The van der Waals surface area contributed by atoms with Gasteiger partial charge in [-0.25, -0.2) is 4.99 Å². The van der Waals surface area contributed by atoms with Gasteiger partial charge in [0, 0.05) is 13.1 Å². The number of nitrogens with one attached hydrogen (secondary N) is 2. The van der Waals surface area contributed by atoms with Crippen molar-refractivity contribution in [3.63, 3.8) is 0 Å². The van der Waals surface area contributed by atoms with Crippen LogP contribution in [0.15, 0.2) is 53.5 Å². The van der Waals surface area contributed by atoms with Gasteiger partial charge in [0.15, 0.2) is 5.96 Å². The van der Waals surface area contributed by atoms with Crippen LogP contribution in [0.2, 0.25) is 0 Å². The number of guanidine groups is 1. The van der Waals surface area contributed by atoms with Gasteiger partial charge in [-0.1, -0.05) is 31.2 Å². The van der Waals surface area contributed by atoms with Gasteiger partial charge in [0.1, 0.15) is 11.5 Å². The van der Waals surface area contributed by atoms with Crippen LogP contribution in [0.3, 0.4) is 0 Å². The second-order valence-electron chi connectivity index (χ2n) is 6.25. The van der Waals surface area contributed by atoms with Crippen molar-refractivity contribution >= 4 is 5.96 Å². The second kappa shape index (κ2) is 10.3. The molecule has 140 valence electrons. The monoisotopic (exact) mass is 355 g/mol. The largest absolute Gasteiger partial charge is 0.508 e. The van der Waals surface area contributed by atoms with Crippen molar-refractivity contribution in [2.45, 2.75) is 32.7 Å². The summed E-state index contributed by atoms with van der Waals surface area (Å²) in [5, 5.41) is 16.2. The third-order valence-corrected chi connectivity index (χ3v) is 4.23. The number of hydrogen-bond donors (Lipinski definition) is 3. The van der Waals surface area contributed by atoms with Gasteiger partial charge in [-0.2, -0.15) is 0 Å². The van der Waals surface area contributed by atoms with E-state index in [9.17, 15) is 5.11 Å². The van der Waals surface area contributed by atoms with E-state index in [0.717, 1.165) is 36.8 Å². The molecule has 5 heteroatoms. The first kappa shape index (κ1) is 19.6. The molecule has 0 bridgehead atoms. The third kappa shape index (κ3) is 6.31. The number of phenolic OH excluding ortho intramolecular Hbond substituents is 1. The zero-order valence-corrected chi connectivity index (χ0v) is 15.8. The molecular weight excluding hydrogens is 326 g/mol. The molecule has 2 rings (SSSR count). The number of aliphatic imine (C=N–C) groups is 1. The van der Waals surface area contributed by atoms with Crippen molar-refractivity contribution < 1.29 is 9.84 Å². The maximum atomic E-state index is 9.54. The van der Waals surface area contributed by atoms with E-state index in [0.29, 0.717) is 12.5 Å². The van der Waals surface area contributed by atoms with Gasteiger partial charge in [-0.3, -0.25) is 0 Å². The quantitative estimate of drug-likeness (QED) is 0.499. The standard InChI is InChI=1S/C21H29N3O2/c1-4-22-21(24-15-17-6-5-7-19(25)14-17)23-13-12-16(2)18-8-10-20(26-3)11-9-18/h5-11,14,16,25H,4,12-13,15H2,1-3H3,(H2,22,23,24). The molecule has 0 amide bonds. The fourth-order valence-electron chi connectivity index (χ4n) is 2.67. The number of benzene rings is 2. The number of aromatic hydroxyl groups is 1. The molecule has 0 saturated heterocycles. The summed E-state index contributed by atoms with van der Waals surface area (Å²) in [6.45, 7) is 6.43. The maximum Gasteiger partial charge on any atom is 0.191 e. The van der Waals surface area contributed by atoms with Crippen LogP contribution in [0.25, 0.3) is 0 Å². The van der Waals surface area contributed by atoms with Crippen LogP contribution in [0, 0.1) is 0 Å². The fourth-order valence-corrected chi connectivity index (χ4v) is 2.67. The number of hydrogen-bond acceptors (Lipinski definition) is 3. The Morgan fingerprint density at radius 2 is 1.92 bits per heavy atom. The summed E-state index contributed by atoms with van der Waals surface area (Å²) < 4.78 is 5.21. The zero-order valence-electron chi connectivity index (χ0n) is 15.8. The lowest BCUT2D eigenvalue weighted by atomic mass is 9.98. The van der Waals surface area contributed by atoms with E-state index in [1.807, 2.05) is 31.2 Å². The lowest BCUT2D eigenvalue weighted by Crippen LogP contribution is -2.38. The molecule has 0 aliphatic heterocycles. The molecule has 2 aromatic carbocycles. The highest BCUT2D eigenvalue weighted by atomic mass is 16.5. The van der Waals surface area contributed by atoms with E-state index in [-0.39, 0.29) is 5.75 Å². The highest BCUT2D eigenvalue weighted by Gasteiger charge is 2.06. The Morgan fingerprint density at radius 1 is 1.15 bits per heavy atom. The zero-order chi connectivity index (χ0) is 18.8. The van der Waals surface area contributed by atoms with Crippen molar-refractivity contribution in [1.82, 2.24) is 10.6 Å². The van der Waals surface area contributed by atoms with Gasteiger partial charge in [0.25, 0.3) is 0 Å². The minimum atomic E-state index is 0.268. The van der Waals surface area contributed by atoms with E-state index < -0.39 is 0 Å². The molecule has 1 atom stereocenters. The highest BCUT2D eigenvalue weighted by Crippen LogP contribution is 2.21. The molecule has 0 radical (unpaired) electrons. The minimum absolute atomic E-state index is 0.268. The van der Waals surface area contributed by atoms with Gasteiger partial charge in [0.2, 0.25) is 0 Å². The Balaban J connectivity index is 1.85. The SMILES string of the molecule is CCNC(=NCc1cccc(O)c1)NCCC(C)c1ccc(OC)cc1. The molecule has 2 aromatic rings. The molecule has 0 heterocycles. The molecule has 3 N–H and O–H groups in total. The van der Waals surface area contributed by atoms with Gasteiger partial charge in [-0.15, -0.1) is 0 Å². The lowest BCUT2D eigenvalue weighted by Gasteiger charge is -2.15. The first-order valence-electron chi connectivity index (χ1n) is 9.06. The minimum Gasteiger partial charge on any atom is -0.508 e. The topological polar surface area (TPSA) is 65.9 Å². The smallest absolute Gasteiger partial charge is 0.191 e. The third-order valence-electron chi connectivity index (χ3n) is 4.23. The average Bonchev–Trinajstić information content (AvgIpc) is 2.66. The van der Waals surface area contributed by atoms with Crippen LogP contribution < -0.4 is 15.4 Å². The summed E-state index contributed by atoms with van der Waals surface area (Å²) in [5.74, 6) is 2.39. The Morgan fingerprint density at radius 3 is 2.58 bits per heavy atom. The fraction of sp³-hybridized carbons (Fsp3) is 0.381. The summed E-state index contributed by atoms with van der Waals surface area (Å²) in [6, 6.07) is 15.4. The molecule has 1 unspecified atom stereocenters. The normalized spacial score (nSPS) is 12.5. The van der Waals surface area contributed by atoms with Crippen LogP contribution in [0.1, 0.15) is 37.3 Å². The van der Waals surface area contributed by atoms with Crippen molar-refractivity contribution in [2.24, 2.45) is 4.99 Å². The van der Waals surface area contributed by atoms with Crippen LogP contribution in [-0.2, 0) is 6.54 Å². The van der Waals surface area contributed by atoms with E-state index in [1.54, 1.807) is 19.2 Å². The molecule has 5 nitrogen and oxygen atoms in total. The second-order valence-corrected chi connectivity index (χ2v) is 6.25. The van der Waals surface area contributed by atoms with Gasteiger partial charge in [-0.05, 0) is 54.7 Å². The number of phenols is 1. The molecule has 0 spiro atoms. The van der Waals surface area contributed by atoms with Gasteiger partial charge >= 0.3 is 0 Å².